The minimum absolute atomic E-state index is 0.188. The molecule has 3 rings (SSSR count). The largest absolute Gasteiger partial charge is 0.506 e. The SMILES string of the molecule is Cc1cc(O)c2nc3ccccc3nc2c1. The Morgan fingerprint density at radius 1 is 0.938 bits per heavy atom. The average Bonchev–Trinajstić information content (AvgIpc) is 2.27. The summed E-state index contributed by atoms with van der Waals surface area (Å²) in [5, 5.41) is 9.81. The van der Waals surface area contributed by atoms with E-state index in [0.29, 0.717) is 5.52 Å². The van der Waals surface area contributed by atoms with Gasteiger partial charge in [0.15, 0.2) is 0 Å². The van der Waals surface area contributed by atoms with Crippen LogP contribution in [-0.2, 0) is 0 Å². The number of aromatic nitrogens is 2. The molecule has 1 heterocycles. The summed E-state index contributed by atoms with van der Waals surface area (Å²) in [5.74, 6) is 0.188. The topological polar surface area (TPSA) is 46.0 Å². The van der Waals surface area contributed by atoms with Gasteiger partial charge in [-0.2, -0.15) is 0 Å². The van der Waals surface area contributed by atoms with Gasteiger partial charge in [0.1, 0.15) is 11.3 Å². The van der Waals surface area contributed by atoms with E-state index < -0.39 is 0 Å². The van der Waals surface area contributed by atoms with Crippen LogP contribution in [0, 0.1) is 6.92 Å². The first-order valence-corrected chi connectivity index (χ1v) is 5.10. The average molecular weight is 210 g/mol. The molecule has 3 nitrogen and oxygen atoms in total. The molecule has 0 bridgehead atoms. The molecule has 16 heavy (non-hydrogen) atoms. The van der Waals surface area contributed by atoms with Gasteiger partial charge < -0.3 is 5.11 Å². The van der Waals surface area contributed by atoms with E-state index in [1.54, 1.807) is 6.07 Å². The van der Waals surface area contributed by atoms with E-state index in [4.69, 9.17) is 0 Å². The van der Waals surface area contributed by atoms with Crippen molar-refractivity contribution in [2.24, 2.45) is 0 Å². The summed E-state index contributed by atoms with van der Waals surface area (Å²) in [4.78, 5) is 8.88. The molecule has 0 unspecified atom stereocenters. The molecule has 0 amide bonds. The maximum atomic E-state index is 9.81. The van der Waals surface area contributed by atoms with Crippen molar-refractivity contribution in [3.8, 4) is 5.75 Å². The number of fused-ring (bicyclic) bond motifs is 2. The van der Waals surface area contributed by atoms with Crippen LogP contribution in [0.5, 0.6) is 5.75 Å². The molecule has 0 aliphatic rings. The Hall–Kier alpha value is -2.16. The van der Waals surface area contributed by atoms with Crippen LogP contribution in [0.3, 0.4) is 0 Å². The molecule has 0 fully saturated rings. The summed E-state index contributed by atoms with van der Waals surface area (Å²) in [5.41, 5.74) is 3.92. The van der Waals surface area contributed by atoms with Gasteiger partial charge in [-0.3, -0.25) is 0 Å². The highest BCUT2D eigenvalue weighted by Crippen LogP contribution is 2.25. The van der Waals surface area contributed by atoms with E-state index in [1.165, 1.54) is 0 Å². The molecule has 0 atom stereocenters. The Bertz CT molecular complexity index is 692. The lowest BCUT2D eigenvalue weighted by atomic mass is 10.2. The molecule has 0 spiro atoms. The molecule has 0 aliphatic heterocycles. The summed E-state index contributed by atoms with van der Waals surface area (Å²) < 4.78 is 0. The second-order valence-corrected chi connectivity index (χ2v) is 3.86. The third-order valence-corrected chi connectivity index (χ3v) is 2.57. The van der Waals surface area contributed by atoms with Gasteiger partial charge in [-0.15, -0.1) is 0 Å². The van der Waals surface area contributed by atoms with Crippen LogP contribution in [0.1, 0.15) is 5.56 Å². The third-order valence-electron chi connectivity index (χ3n) is 2.57. The van der Waals surface area contributed by atoms with Crippen molar-refractivity contribution in [2.45, 2.75) is 6.92 Å². The Kier molecular flexibility index (Phi) is 1.80. The molecule has 0 radical (unpaired) electrons. The number of aryl methyl sites for hydroxylation is 1. The fraction of sp³-hybridized carbons (Fsp3) is 0.0769. The van der Waals surface area contributed by atoms with Crippen LogP contribution in [0.4, 0.5) is 0 Å². The van der Waals surface area contributed by atoms with Crippen molar-refractivity contribution in [1.29, 1.82) is 0 Å². The first-order chi connectivity index (χ1) is 7.74. The maximum Gasteiger partial charge on any atom is 0.143 e. The van der Waals surface area contributed by atoms with E-state index in [2.05, 4.69) is 9.97 Å². The minimum Gasteiger partial charge on any atom is -0.506 e. The normalized spacial score (nSPS) is 11.1. The van der Waals surface area contributed by atoms with E-state index in [1.807, 2.05) is 37.3 Å². The fourth-order valence-electron chi connectivity index (χ4n) is 1.84. The summed E-state index contributed by atoms with van der Waals surface area (Å²) in [7, 11) is 0. The molecule has 2 aromatic carbocycles. The van der Waals surface area contributed by atoms with Gasteiger partial charge >= 0.3 is 0 Å². The van der Waals surface area contributed by atoms with Crippen LogP contribution in [0.25, 0.3) is 22.1 Å². The number of rotatable bonds is 0. The number of hydrogen-bond acceptors (Lipinski definition) is 3. The molecule has 0 aliphatic carbocycles. The molecular formula is C13H10N2O. The van der Waals surface area contributed by atoms with Gasteiger partial charge in [0.25, 0.3) is 0 Å². The number of phenols is 1. The number of phenolic OH excluding ortho intramolecular Hbond substituents is 1. The Labute approximate surface area is 92.4 Å². The lowest BCUT2D eigenvalue weighted by Gasteiger charge is -2.03. The lowest BCUT2D eigenvalue weighted by molar-refractivity contribution is 0.480. The molecule has 0 saturated heterocycles. The van der Waals surface area contributed by atoms with Gasteiger partial charge in [0.2, 0.25) is 0 Å². The monoisotopic (exact) mass is 210 g/mol. The molecule has 3 aromatic rings. The summed E-state index contributed by atoms with van der Waals surface area (Å²) in [6.45, 7) is 1.93. The third kappa shape index (κ3) is 1.29. The molecule has 0 saturated carbocycles. The van der Waals surface area contributed by atoms with Crippen molar-refractivity contribution >= 4 is 22.1 Å². The standard InChI is InChI=1S/C13H10N2O/c1-8-6-11-13(12(16)7-8)15-10-5-3-2-4-9(10)14-11/h2-7,16H,1H3. The Morgan fingerprint density at radius 2 is 1.62 bits per heavy atom. The molecule has 1 aromatic heterocycles. The van der Waals surface area contributed by atoms with Gasteiger partial charge in [0, 0.05) is 0 Å². The van der Waals surface area contributed by atoms with Gasteiger partial charge in [-0.05, 0) is 36.8 Å². The second-order valence-electron chi connectivity index (χ2n) is 3.86. The number of benzene rings is 2. The summed E-state index contributed by atoms with van der Waals surface area (Å²) in [6, 6.07) is 11.3. The van der Waals surface area contributed by atoms with Gasteiger partial charge in [0.05, 0.1) is 16.6 Å². The predicted octanol–water partition coefficient (Wildman–Crippen LogP) is 2.80. The Balaban J connectivity index is 2.51. The maximum absolute atomic E-state index is 9.81. The van der Waals surface area contributed by atoms with Crippen molar-refractivity contribution in [1.82, 2.24) is 9.97 Å². The van der Waals surface area contributed by atoms with Crippen molar-refractivity contribution < 1.29 is 5.11 Å². The van der Waals surface area contributed by atoms with Crippen LogP contribution in [0.2, 0.25) is 0 Å². The van der Waals surface area contributed by atoms with E-state index >= 15 is 0 Å². The van der Waals surface area contributed by atoms with Crippen LogP contribution < -0.4 is 0 Å². The van der Waals surface area contributed by atoms with E-state index in [0.717, 1.165) is 22.1 Å². The minimum atomic E-state index is 0.188. The van der Waals surface area contributed by atoms with Gasteiger partial charge in [-0.25, -0.2) is 9.97 Å². The first-order valence-electron chi connectivity index (χ1n) is 5.10. The van der Waals surface area contributed by atoms with Crippen molar-refractivity contribution in [3.63, 3.8) is 0 Å². The van der Waals surface area contributed by atoms with E-state index in [9.17, 15) is 5.11 Å². The van der Waals surface area contributed by atoms with Crippen LogP contribution >= 0.6 is 0 Å². The fourth-order valence-corrected chi connectivity index (χ4v) is 1.84. The van der Waals surface area contributed by atoms with E-state index in [-0.39, 0.29) is 5.75 Å². The molecular weight excluding hydrogens is 200 g/mol. The van der Waals surface area contributed by atoms with Crippen molar-refractivity contribution in [2.75, 3.05) is 0 Å². The predicted molar refractivity (Wildman–Crippen MR) is 63.4 cm³/mol. The zero-order valence-corrected chi connectivity index (χ0v) is 8.81. The smallest absolute Gasteiger partial charge is 0.143 e. The van der Waals surface area contributed by atoms with Crippen molar-refractivity contribution in [3.05, 3.63) is 42.0 Å². The molecule has 1 N–H and O–H groups in total. The number of nitrogens with zero attached hydrogens (tertiary/aromatic N) is 2. The summed E-state index contributed by atoms with van der Waals surface area (Å²) in [6.07, 6.45) is 0. The van der Waals surface area contributed by atoms with Crippen LogP contribution in [0.15, 0.2) is 36.4 Å². The number of para-hydroxylation sites is 2. The van der Waals surface area contributed by atoms with Crippen LogP contribution in [-0.4, -0.2) is 15.1 Å². The zero-order valence-electron chi connectivity index (χ0n) is 8.81. The van der Waals surface area contributed by atoms with Gasteiger partial charge in [-0.1, -0.05) is 12.1 Å². The highest BCUT2D eigenvalue weighted by molar-refractivity contribution is 5.89. The zero-order chi connectivity index (χ0) is 11.1. The summed E-state index contributed by atoms with van der Waals surface area (Å²) >= 11 is 0. The Morgan fingerprint density at radius 3 is 2.38 bits per heavy atom. The highest BCUT2D eigenvalue weighted by atomic mass is 16.3. The first kappa shape index (κ1) is 9.09. The molecule has 78 valence electrons. The lowest BCUT2D eigenvalue weighted by Crippen LogP contribution is -1.88. The molecule has 3 heteroatoms. The number of aromatic hydroxyl groups is 1. The number of hydrogen-bond donors (Lipinski definition) is 1. The second kappa shape index (κ2) is 3.17. The highest BCUT2D eigenvalue weighted by Gasteiger charge is 2.05. The quantitative estimate of drug-likeness (QED) is 0.580.